The van der Waals surface area contributed by atoms with Crippen LogP contribution in [0.5, 0.6) is 5.75 Å². The molecular weight excluding hydrogens is 338 g/mol. The molecule has 0 bridgehead atoms. The van der Waals surface area contributed by atoms with Gasteiger partial charge in [-0.25, -0.2) is 4.98 Å². The number of anilines is 3. The molecule has 9 heteroatoms. The summed E-state index contributed by atoms with van der Waals surface area (Å²) in [6.07, 6.45) is 0. The number of nitrogen functional groups attached to an aromatic ring is 1. The minimum absolute atomic E-state index is 0.489. The molecule has 0 aliphatic heterocycles. The van der Waals surface area contributed by atoms with Crippen LogP contribution in [0.15, 0.2) is 34.0 Å². The van der Waals surface area contributed by atoms with Crippen molar-refractivity contribution >= 4 is 50.4 Å². The van der Waals surface area contributed by atoms with E-state index in [9.17, 15) is 0 Å². The summed E-state index contributed by atoms with van der Waals surface area (Å²) < 4.78 is 5.99. The Kier molecular flexibility index (Phi) is 4.76. The molecule has 0 radical (unpaired) electrons. The fourth-order valence-corrected chi connectivity index (χ4v) is 4.01. The average molecular weight is 351 g/mol. The van der Waals surface area contributed by atoms with E-state index in [-0.39, 0.29) is 0 Å². The first-order chi connectivity index (χ1) is 10.7. The van der Waals surface area contributed by atoms with Gasteiger partial charge in [0, 0.05) is 16.8 Å². The molecule has 6 nitrogen and oxygen atoms in total. The molecule has 2 aromatic heterocycles. The maximum Gasteiger partial charge on any atom is 0.203 e. The van der Waals surface area contributed by atoms with Crippen molar-refractivity contribution in [1.29, 1.82) is 0 Å². The highest BCUT2D eigenvalue weighted by atomic mass is 32.2. The van der Waals surface area contributed by atoms with Gasteiger partial charge in [0.2, 0.25) is 5.13 Å². The molecular formula is C13H13N5OS3. The van der Waals surface area contributed by atoms with Gasteiger partial charge < -0.3 is 15.8 Å². The van der Waals surface area contributed by atoms with Crippen LogP contribution in [0.2, 0.25) is 0 Å². The van der Waals surface area contributed by atoms with Gasteiger partial charge in [0.15, 0.2) is 9.47 Å². The number of hydrogen-bond acceptors (Lipinski definition) is 9. The Morgan fingerprint density at radius 1 is 1.27 bits per heavy atom. The summed E-state index contributed by atoms with van der Waals surface area (Å²) in [7, 11) is 1.65. The molecule has 0 spiro atoms. The van der Waals surface area contributed by atoms with E-state index in [1.807, 2.05) is 29.6 Å². The van der Waals surface area contributed by atoms with Gasteiger partial charge in [-0.2, -0.15) is 0 Å². The van der Waals surface area contributed by atoms with Crippen LogP contribution in [-0.2, 0) is 5.75 Å². The Morgan fingerprint density at radius 3 is 2.77 bits per heavy atom. The smallest absolute Gasteiger partial charge is 0.203 e. The van der Waals surface area contributed by atoms with E-state index >= 15 is 0 Å². The molecule has 0 atom stereocenters. The lowest BCUT2D eigenvalue weighted by Gasteiger charge is -2.03. The average Bonchev–Trinajstić information content (AvgIpc) is 3.15. The highest BCUT2D eigenvalue weighted by Gasteiger charge is 2.06. The second-order valence-corrected chi connectivity index (χ2v) is 7.28. The number of thioether (sulfide) groups is 1. The maximum absolute atomic E-state index is 5.56. The summed E-state index contributed by atoms with van der Waals surface area (Å²) in [5, 5.41) is 14.4. The molecule has 3 rings (SSSR count). The minimum atomic E-state index is 0.489. The molecule has 1 aromatic carbocycles. The number of benzene rings is 1. The summed E-state index contributed by atoms with van der Waals surface area (Å²) in [4.78, 5) is 4.55. The number of nitrogens with one attached hydrogen (secondary N) is 1. The van der Waals surface area contributed by atoms with Crippen LogP contribution in [0.1, 0.15) is 5.69 Å². The molecule has 0 aliphatic carbocycles. The number of methoxy groups -OCH3 is 1. The van der Waals surface area contributed by atoms with Crippen LogP contribution in [-0.4, -0.2) is 22.3 Å². The van der Waals surface area contributed by atoms with Crippen LogP contribution >= 0.6 is 34.4 Å². The molecule has 0 fully saturated rings. The highest BCUT2D eigenvalue weighted by molar-refractivity contribution is 8.00. The second kappa shape index (κ2) is 6.95. The lowest BCUT2D eigenvalue weighted by atomic mass is 10.3. The second-order valence-electron chi connectivity index (χ2n) is 4.19. The van der Waals surface area contributed by atoms with E-state index in [1.165, 1.54) is 11.3 Å². The number of hydrogen-bond donors (Lipinski definition) is 2. The van der Waals surface area contributed by atoms with E-state index < -0.39 is 0 Å². The SMILES string of the molecule is COc1ccc(Nc2nc(CSc3nnc(N)s3)cs2)cc1. The fourth-order valence-electron chi connectivity index (χ4n) is 1.64. The van der Waals surface area contributed by atoms with Gasteiger partial charge in [0.05, 0.1) is 12.8 Å². The number of thiazole rings is 1. The van der Waals surface area contributed by atoms with Gasteiger partial charge in [-0.05, 0) is 24.3 Å². The van der Waals surface area contributed by atoms with E-state index in [0.29, 0.717) is 5.13 Å². The lowest BCUT2D eigenvalue weighted by Crippen LogP contribution is -1.90. The summed E-state index contributed by atoms with van der Waals surface area (Å²) >= 11 is 4.54. The molecule has 0 saturated heterocycles. The van der Waals surface area contributed by atoms with E-state index in [0.717, 1.165) is 32.4 Å². The Bertz CT molecular complexity index is 740. The van der Waals surface area contributed by atoms with Gasteiger partial charge in [0.25, 0.3) is 0 Å². The maximum atomic E-state index is 5.56. The molecule has 0 amide bonds. The molecule has 0 saturated carbocycles. The predicted octanol–water partition coefficient (Wildman–Crippen LogP) is 3.62. The molecule has 2 heterocycles. The van der Waals surface area contributed by atoms with Gasteiger partial charge >= 0.3 is 0 Å². The summed E-state index contributed by atoms with van der Waals surface area (Å²) in [5.41, 5.74) is 7.54. The van der Waals surface area contributed by atoms with E-state index in [4.69, 9.17) is 10.5 Å². The standard InChI is InChI=1S/C13H13N5OS3/c1-19-10-4-2-8(3-5-10)15-12-16-9(6-20-12)7-21-13-18-17-11(14)22-13/h2-6H,7H2,1H3,(H2,14,17)(H,15,16). The Balaban J connectivity index is 1.58. The third kappa shape index (κ3) is 3.87. The number of ether oxygens (including phenoxy) is 1. The fraction of sp³-hybridized carbons (Fsp3) is 0.154. The van der Waals surface area contributed by atoms with Gasteiger partial charge in [-0.3, -0.25) is 0 Å². The van der Waals surface area contributed by atoms with Crippen LogP contribution in [0.3, 0.4) is 0 Å². The number of nitrogens with zero attached hydrogens (tertiary/aromatic N) is 3. The largest absolute Gasteiger partial charge is 0.497 e. The molecule has 114 valence electrons. The first-order valence-corrected chi connectivity index (χ1v) is 8.98. The summed E-state index contributed by atoms with van der Waals surface area (Å²) in [6, 6.07) is 7.73. The molecule has 3 N–H and O–H groups in total. The first kappa shape index (κ1) is 15.1. The quantitative estimate of drug-likeness (QED) is 0.656. The lowest BCUT2D eigenvalue weighted by molar-refractivity contribution is 0.415. The van der Waals surface area contributed by atoms with Crippen LogP contribution in [0, 0.1) is 0 Å². The molecule has 22 heavy (non-hydrogen) atoms. The van der Waals surface area contributed by atoms with Crippen molar-refractivity contribution in [2.45, 2.75) is 10.1 Å². The summed E-state index contributed by atoms with van der Waals surface area (Å²) in [6.45, 7) is 0. The monoisotopic (exact) mass is 351 g/mol. The van der Waals surface area contributed by atoms with Crippen LogP contribution < -0.4 is 15.8 Å². The number of rotatable bonds is 6. The normalized spacial score (nSPS) is 10.6. The topological polar surface area (TPSA) is 86.0 Å². The van der Waals surface area contributed by atoms with Crippen molar-refractivity contribution in [2.24, 2.45) is 0 Å². The highest BCUT2D eigenvalue weighted by Crippen LogP contribution is 2.29. The van der Waals surface area contributed by atoms with Gasteiger partial charge in [-0.15, -0.1) is 21.5 Å². The number of aromatic nitrogens is 3. The van der Waals surface area contributed by atoms with Crippen molar-refractivity contribution in [2.75, 3.05) is 18.2 Å². The predicted molar refractivity (Wildman–Crippen MR) is 92.3 cm³/mol. The molecule has 3 aromatic rings. The van der Waals surface area contributed by atoms with Crippen molar-refractivity contribution in [3.63, 3.8) is 0 Å². The minimum Gasteiger partial charge on any atom is -0.497 e. The van der Waals surface area contributed by atoms with E-state index in [1.54, 1.807) is 30.2 Å². The Hall–Kier alpha value is -1.84. The van der Waals surface area contributed by atoms with Gasteiger partial charge in [-0.1, -0.05) is 23.1 Å². The van der Waals surface area contributed by atoms with Crippen molar-refractivity contribution in [3.8, 4) is 5.75 Å². The van der Waals surface area contributed by atoms with Gasteiger partial charge in [0.1, 0.15) is 5.75 Å². The van der Waals surface area contributed by atoms with Crippen LogP contribution in [0.4, 0.5) is 16.0 Å². The van der Waals surface area contributed by atoms with Crippen LogP contribution in [0.25, 0.3) is 0 Å². The number of nitrogens with two attached hydrogens (primary N) is 1. The molecule has 0 aliphatic rings. The zero-order valence-electron chi connectivity index (χ0n) is 11.6. The Labute approximate surface area is 139 Å². The van der Waals surface area contributed by atoms with Crippen molar-refractivity contribution in [3.05, 3.63) is 35.3 Å². The van der Waals surface area contributed by atoms with Crippen molar-refractivity contribution < 1.29 is 4.74 Å². The van der Waals surface area contributed by atoms with E-state index in [2.05, 4.69) is 20.5 Å². The zero-order valence-corrected chi connectivity index (χ0v) is 14.1. The third-order valence-electron chi connectivity index (χ3n) is 2.66. The Morgan fingerprint density at radius 2 is 2.09 bits per heavy atom. The zero-order chi connectivity index (χ0) is 15.4. The van der Waals surface area contributed by atoms with Crippen molar-refractivity contribution in [1.82, 2.24) is 15.2 Å². The molecule has 0 unspecified atom stereocenters. The third-order valence-corrected chi connectivity index (χ3v) is 5.38. The first-order valence-electron chi connectivity index (χ1n) is 6.30. The summed E-state index contributed by atoms with van der Waals surface area (Å²) in [5.74, 6) is 1.58.